The smallest absolute Gasteiger partial charge is 0.676 e. The van der Waals surface area contributed by atoms with E-state index in [1.54, 1.807) is 0 Å². The Hall–Kier alpha value is 0.0383. The van der Waals surface area contributed by atoms with E-state index in [9.17, 15) is 0 Å². The summed E-state index contributed by atoms with van der Waals surface area (Å²) < 4.78 is 0. The molecule has 1 saturated carbocycles. The van der Waals surface area contributed by atoms with Crippen molar-refractivity contribution in [1.29, 1.82) is 0 Å². The van der Waals surface area contributed by atoms with Crippen LogP contribution in [0.15, 0.2) is 0 Å². The number of carbonyl (C=O) groups is 1. The predicted octanol–water partition coefficient (Wildman–Crippen LogP) is 2.24. The Bertz CT molecular complexity index is 169. The molecule has 1 fully saturated rings. The van der Waals surface area contributed by atoms with E-state index in [0.717, 1.165) is 12.8 Å². The zero-order chi connectivity index (χ0) is 11.7. The molecule has 0 heterocycles. The van der Waals surface area contributed by atoms with Crippen molar-refractivity contribution >= 4 is 5.97 Å². The molecule has 16 heavy (non-hydrogen) atoms. The molecule has 0 aromatic carbocycles. The molecule has 1 aliphatic rings. The Morgan fingerprint density at radius 3 is 1.62 bits per heavy atom. The summed E-state index contributed by atoms with van der Waals surface area (Å²) in [5, 5.41) is 15.0. The van der Waals surface area contributed by atoms with E-state index in [1.807, 2.05) is 0 Å². The van der Waals surface area contributed by atoms with Crippen molar-refractivity contribution in [2.75, 3.05) is 6.61 Å². The van der Waals surface area contributed by atoms with Gasteiger partial charge in [-0.25, -0.2) is 4.79 Å². The van der Waals surface area contributed by atoms with Gasteiger partial charge in [-0.1, -0.05) is 38.5 Å². The minimum Gasteiger partial charge on any atom is -0.676 e. The minimum atomic E-state index is -1.19. The fourth-order valence-corrected chi connectivity index (χ4v) is 1.48. The van der Waals surface area contributed by atoms with Gasteiger partial charge in [-0.2, -0.15) is 12.1 Å². The summed E-state index contributed by atoms with van der Waals surface area (Å²) in [5.41, 5.74) is 15.1. The van der Waals surface area contributed by atoms with Gasteiger partial charge in [0.25, 0.3) is 0 Å². The topological polar surface area (TPSA) is 105 Å². The minimum absolute atomic E-state index is 0. The number of aliphatic carboxylic acids is 1. The van der Waals surface area contributed by atoms with Crippen LogP contribution in [0.3, 0.4) is 0 Å². The molecule has 2 atom stereocenters. The molecular formula is C10H20N2O3Pt. The summed E-state index contributed by atoms with van der Waals surface area (Å²) in [6, 6.07) is -0.194. The first kappa shape index (κ1) is 18.4. The van der Waals surface area contributed by atoms with Crippen molar-refractivity contribution in [3.8, 4) is 0 Å². The monoisotopic (exact) mass is 411 g/mol. The molecular weight excluding hydrogens is 391 g/mol. The molecule has 1 rings (SSSR count). The number of nitrogens with one attached hydrogen (secondary N) is 2. The third-order valence-corrected chi connectivity index (χ3v) is 2.40. The number of rotatable bonds is 1. The van der Waals surface area contributed by atoms with Crippen LogP contribution in [0.1, 0.15) is 38.5 Å². The largest absolute Gasteiger partial charge is 2.00 e. The average molecular weight is 411 g/mol. The molecule has 0 aromatic rings. The second kappa shape index (κ2) is 11.5. The Balaban J connectivity index is 0. The van der Waals surface area contributed by atoms with Crippen molar-refractivity contribution in [3.63, 3.8) is 0 Å². The second-order valence-corrected chi connectivity index (χ2v) is 3.76. The zero-order valence-corrected chi connectivity index (χ0v) is 11.5. The number of carboxylic acids is 1. The SMILES string of the molecule is O=C(O)CO.[NH-]C1CCCCCCC1[NH-].[Pt+2]. The first-order chi connectivity index (χ1) is 7.07. The van der Waals surface area contributed by atoms with Gasteiger partial charge in [0.15, 0.2) is 0 Å². The first-order valence-corrected chi connectivity index (χ1v) is 5.32. The van der Waals surface area contributed by atoms with Gasteiger partial charge in [-0.15, -0.1) is 0 Å². The third kappa shape index (κ3) is 10.6. The Morgan fingerprint density at radius 2 is 1.38 bits per heavy atom. The van der Waals surface area contributed by atoms with Crippen LogP contribution in [-0.2, 0) is 25.9 Å². The fourth-order valence-electron chi connectivity index (χ4n) is 1.48. The summed E-state index contributed by atoms with van der Waals surface area (Å²) in [4.78, 5) is 9.12. The maximum absolute atomic E-state index is 9.12. The van der Waals surface area contributed by atoms with Crippen LogP contribution >= 0.6 is 0 Å². The first-order valence-electron chi connectivity index (χ1n) is 5.32. The molecule has 0 spiro atoms. The molecule has 0 aliphatic heterocycles. The average Bonchev–Trinajstić information content (AvgIpc) is 2.20. The van der Waals surface area contributed by atoms with Crippen LogP contribution in [-0.4, -0.2) is 34.9 Å². The third-order valence-electron chi connectivity index (χ3n) is 2.40. The molecule has 98 valence electrons. The van der Waals surface area contributed by atoms with E-state index < -0.39 is 12.6 Å². The van der Waals surface area contributed by atoms with Crippen LogP contribution in [0.2, 0.25) is 0 Å². The molecule has 5 nitrogen and oxygen atoms in total. The molecule has 0 amide bonds. The van der Waals surface area contributed by atoms with E-state index in [4.69, 9.17) is 26.5 Å². The van der Waals surface area contributed by atoms with Crippen molar-refractivity contribution in [3.05, 3.63) is 11.5 Å². The molecule has 0 radical (unpaired) electrons. The van der Waals surface area contributed by atoms with E-state index in [1.165, 1.54) is 25.7 Å². The summed E-state index contributed by atoms with van der Waals surface area (Å²) in [6.45, 7) is -0.778. The van der Waals surface area contributed by atoms with Gasteiger partial charge in [0.2, 0.25) is 0 Å². The summed E-state index contributed by atoms with van der Waals surface area (Å²) in [6.07, 6.45) is 6.81. The number of carboxylic acid groups (broad SMARTS) is 1. The van der Waals surface area contributed by atoms with E-state index in [2.05, 4.69) is 0 Å². The van der Waals surface area contributed by atoms with Gasteiger partial charge < -0.3 is 21.7 Å². The Labute approximate surface area is 111 Å². The summed E-state index contributed by atoms with van der Waals surface area (Å²) >= 11 is 0. The predicted molar refractivity (Wildman–Crippen MR) is 58.6 cm³/mol. The molecule has 4 N–H and O–H groups in total. The van der Waals surface area contributed by atoms with Crippen LogP contribution in [0.5, 0.6) is 0 Å². The van der Waals surface area contributed by atoms with E-state index in [-0.39, 0.29) is 33.1 Å². The van der Waals surface area contributed by atoms with Crippen LogP contribution < -0.4 is 0 Å². The maximum atomic E-state index is 9.12. The maximum Gasteiger partial charge on any atom is 2.00 e. The normalized spacial score (nSPS) is 25.2. The number of hydrogen-bond acceptors (Lipinski definition) is 2. The van der Waals surface area contributed by atoms with E-state index in [0.29, 0.717) is 0 Å². The van der Waals surface area contributed by atoms with Crippen molar-refractivity contribution in [1.82, 2.24) is 0 Å². The molecule has 0 bridgehead atoms. The van der Waals surface area contributed by atoms with Gasteiger partial charge in [-0.3, -0.25) is 0 Å². The van der Waals surface area contributed by atoms with Crippen molar-refractivity contribution in [2.24, 2.45) is 0 Å². The van der Waals surface area contributed by atoms with Gasteiger partial charge in [0.05, 0.1) is 0 Å². The standard InChI is InChI=1S/C8H16N2.C2H4O3.Pt/c9-7-5-3-1-2-4-6-8(7)10;3-1-2(4)5;/h7-10H,1-6H2;3H,1H2,(H,4,5);/q-2;;+2. The zero-order valence-electron chi connectivity index (χ0n) is 9.22. The van der Waals surface area contributed by atoms with Crippen LogP contribution in [0, 0.1) is 0 Å². The fraction of sp³-hybridized carbons (Fsp3) is 0.900. The molecule has 2 unspecified atom stereocenters. The molecule has 6 heteroatoms. The van der Waals surface area contributed by atoms with Gasteiger partial charge >= 0.3 is 27.0 Å². The Morgan fingerprint density at radius 1 is 1.06 bits per heavy atom. The van der Waals surface area contributed by atoms with Gasteiger partial charge in [0, 0.05) is 0 Å². The molecule has 0 aromatic heterocycles. The number of aliphatic hydroxyl groups is 1. The van der Waals surface area contributed by atoms with Crippen LogP contribution in [0.25, 0.3) is 11.5 Å². The van der Waals surface area contributed by atoms with Crippen LogP contribution in [0.4, 0.5) is 0 Å². The van der Waals surface area contributed by atoms with Gasteiger partial charge in [0.1, 0.15) is 6.61 Å². The molecule has 1 aliphatic carbocycles. The van der Waals surface area contributed by atoms with Crippen molar-refractivity contribution in [2.45, 2.75) is 50.6 Å². The summed E-state index contributed by atoms with van der Waals surface area (Å²) in [7, 11) is 0. The Kier molecular flexibility index (Phi) is 13.3. The van der Waals surface area contributed by atoms with Crippen molar-refractivity contribution < 1.29 is 36.1 Å². The molecule has 0 saturated heterocycles. The number of hydrogen-bond donors (Lipinski definition) is 2. The quantitative estimate of drug-likeness (QED) is 0.691. The van der Waals surface area contributed by atoms with E-state index >= 15 is 0 Å². The second-order valence-electron chi connectivity index (χ2n) is 3.76. The summed E-state index contributed by atoms with van der Waals surface area (Å²) in [5.74, 6) is -1.19. The number of aliphatic hydroxyl groups excluding tert-OH is 1. The van der Waals surface area contributed by atoms with Gasteiger partial charge in [-0.05, 0) is 0 Å².